The predicted molar refractivity (Wildman–Crippen MR) is 57.6 cm³/mol. The van der Waals surface area contributed by atoms with Gasteiger partial charge in [-0.1, -0.05) is 11.6 Å². The number of anilines is 1. The standard InChI is InChI=1S/C7H7BrClN5/c8-7-10-3-4(9)6(13-7)12-5-1-2-11-14-5/h1-3,5,11,14H,(H,10,12,13). The summed E-state index contributed by atoms with van der Waals surface area (Å²) in [5.74, 6) is 0.583. The third-order valence-corrected chi connectivity index (χ3v) is 2.28. The van der Waals surface area contributed by atoms with E-state index in [1.54, 1.807) is 6.20 Å². The van der Waals surface area contributed by atoms with Gasteiger partial charge in [-0.2, -0.15) is 0 Å². The normalized spacial score (nSPS) is 19.4. The van der Waals surface area contributed by atoms with Crippen molar-refractivity contribution in [3.05, 3.63) is 28.2 Å². The summed E-state index contributed by atoms with van der Waals surface area (Å²) in [6.45, 7) is 0. The van der Waals surface area contributed by atoms with Crippen LogP contribution in [-0.4, -0.2) is 16.1 Å². The van der Waals surface area contributed by atoms with Crippen LogP contribution in [0.5, 0.6) is 0 Å². The first-order valence-corrected chi connectivity index (χ1v) is 5.05. The highest BCUT2D eigenvalue weighted by Crippen LogP contribution is 2.20. The molecular weight excluding hydrogens is 269 g/mol. The van der Waals surface area contributed by atoms with Crippen LogP contribution >= 0.6 is 27.5 Å². The van der Waals surface area contributed by atoms with Crippen LogP contribution in [0.3, 0.4) is 0 Å². The Bertz CT molecular complexity index is 369. The highest BCUT2D eigenvalue weighted by Gasteiger charge is 2.10. The number of nitrogens with zero attached hydrogens (tertiary/aromatic N) is 2. The zero-order chi connectivity index (χ0) is 9.97. The van der Waals surface area contributed by atoms with Gasteiger partial charge in [-0.25, -0.2) is 15.4 Å². The number of halogens is 2. The Morgan fingerprint density at radius 1 is 1.57 bits per heavy atom. The largest absolute Gasteiger partial charge is 0.349 e. The summed E-state index contributed by atoms with van der Waals surface area (Å²) in [6, 6.07) is 0. The summed E-state index contributed by atoms with van der Waals surface area (Å²) in [7, 11) is 0. The molecule has 1 aromatic heterocycles. The number of aromatic nitrogens is 2. The first kappa shape index (κ1) is 9.70. The molecule has 0 saturated heterocycles. The highest BCUT2D eigenvalue weighted by molar-refractivity contribution is 9.10. The second-order valence-corrected chi connectivity index (χ2v) is 3.72. The number of rotatable bonds is 2. The molecule has 1 unspecified atom stereocenters. The summed E-state index contributed by atoms with van der Waals surface area (Å²) < 4.78 is 0.499. The zero-order valence-corrected chi connectivity index (χ0v) is 9.30. The lowest BCUT2D eigenvalue weighted by molar-refractivity contribution is 0.628. The maximum Gasteiger partial charge on any atom is 0.198 e. The van der Waals surface area contributed by atoms with E-state index in [1.807, 2.05) is 6.08 Å². The van der Waals surface area contributed by atoms with E-state index in [0.29, 0.717) is 15.6 Å². The quantitative estimate of drug-likeness (QED) is 0.710. The van der Waals surface area contributed by atoms with E-state index < -0.39 is 0 Å². The van der Waals surface area contributed by atoms with Gasteiger partial charge in [-0.3, -0.25) is 0 Å². The Kier molecular flexibility index (Phi) is 2.85. The topological polar surface area (TPSA) is 61.9 Å². The molecule has 1 aliphatic heterocycles. The van der Waals surface area contributed by atoms with Crippen molar-refractivity contribution in [2.75, 3.05) is 5.32 Å². The van der Waals surface area contributed by atoms with Crippen molar-refractivity contribution in [1.82, 2.24) is 20.8 Å². The first-order valence-electron chi connectivity index (χ1n) is 3.88. The summed E-state index contributed by atoms with van der Waals surface area (Å²) in [5, 5.41) is 3.56. The van der Waals surface area contributed by atoms with Gasteiger partial charge < -0.3 is 10.7 Å². The summed E-state index contributed by atoms with van der Waals surface area (Å²) in [6.07, 6.45) is 5.22. The van der Waals surface area contributed by atoms with Gasteiger partial charge >= 0.3 is 0 Å². The minimum atomic E-state index is -0.0192. The van der Waals surface area contributed by atoms with Crippen LogP contribution in [-0.2, 0) is 0 Å². The minimum Gasteiger partial charge on any atom is -0.349 e. The lowest BCUT2D eigenvalue weighted by Crippen LogP contribution is -2.36. The molecule has 2 heterocycles. The van der Waals surface area contributed by atoms with E-state index in [-0.39, 0.29) is 6.17 Å². The number of nitrogens with one attached hydrogen (secondary N) is 3. The molecule has 0 fully saturated rings. The fraction of sp³-hybridized carbons (Fsp3) is 0.143. The minimum absolute atomic E-state index is 0.0192. The van der Waals surface area contributed by atoms with Gasteiger partial charge in [0.2, 0.25) is 0 Å². The molecule has 0 bridgehead atoms. The Labute approximate surface area is 94.1 Å². The van der Waals surface area contributed by atoms with E-state index in [2.05, 4.69) is 42.1 Å². The first-order chi connectivity index (χ1) is 6.75. The fourth-order valence-electron chi connectivity index (χ4n) is 1.01. The van der Waals surface area contributed by atoms with Gasteiger partial charge in [-0.15, -0.1) is 0 Å². The average Bonchev–Trinajstić information content (AvgIpc) is 2.64. The molecular formula is C7H7BrClN5. The third kappa shape index (κ3) is 2.14. The lowest BCUT2D eigenvalue weighted by Gasteiger charge is -2.12. The monoisotopic (exact) mass is 275 g/mol. The van der Waals surface area contributed by atoms with Crippen molar-refractivity contribution < 1.29 is 0 Å². The van der Waals surface area contributed by atoms with Gasteiger partial charge in [0.05, 0.1) is 6.20 Å². The van der Waals surface area contributed by atoms with Crippen LogP contribution in [0.1, 0.15) is 0 Å². The highest BCUT2D eigenvalue weighted by atomic mass is 79.9. The molecule has 0 saturated carbocycles. The van der Waals surface area contributed by atoms with Gasteiger partial charge in [0.1, 0.15) is 11.2 Å². The van der Waals surface area contributed by atoms with Crippen LogP contribution in [0.4, 0.5) is 5.82 Å². The van der Waals surface area contributed by atoms with Crippen LogP contribution in [0.2, 0.25) is 5.02 Å². The zero-order valence-electron chi connectivity index (χ0n) is 6.96. The molecule has 0 amide bonds. The van der Waals surface area contributed by atoms with Gasteiger partial charge in [0, 0.05) is 6.20 Å². The van der Waals surface area contributed by atoms with E-state index in [0.717, 1.165) is 0 Å². The molecule has 3 N–H and O–H groups in total. The summed E-state index contributed by atoms with van der Waals surface area (Å²) in [5.41, 5.74) is 5.78. The molecule has 7 heteroatoms. The van der Waals surface area contributed by atoms with Crippen molar-refractivity contribution in [3.63, 3.8) is 0 Å². The van der Waals surface area contributed by atoms with Gasteiger partial charge in [0.15, 0.2) is 10.6 Å². The molecule has 0 radical (unpaired) electrons. The van der Waals surface area contributed by atoms with E-state index >= 15 is 0 Å². The molecule has 1 aliphatic rings. The Hall–Kier alpha value is -0.850. The number of hydrogen-bond donors (Lipinski definition) is 3. The van der Waals surface area contributed by atoms with E-state index in [4.69, 9.17) is 11.6 Å². The number of hydrazine groups is 1. The van der Waals surface area contributed by atoms with Crippen molar-refractivity contribution in [2.24, 2.45) is 0 Å². The average molecular weight is 277 g/mol. The molecule has 5 nitrogen and oxygen atoms in total. The van der Waals surface area contributed by atoms with Crippen molar-refractivity contribution >= 4 is 33.3 Å². The van der Waals surface area contributed by atoms with Crippen LogP contribution in [0.25, 0.3) is 0 Å². The molecule has 74 valence electrons. The molecule has 1 aromatic rings. The molecule has 0 aromatic carbocycles. The smallest absolute Gasteiger partial charge is 0.198 e. The molecule has 2 rings (SSSR count). The fourth-order valence-corrected chi connectivity index (χ4v) is 1.43. The molecule has 14 heavy (non-hydrogen) atoms. The summed E-state index contributed by atoms with van der Waals surface area (Å²) >= 11 is 9.06. The SMILES string of the molecule is Clc1cnc(Br)nc1NC1C=CNN1. The molecule has 1 atom stereocenters. The molecule has 0 aliphatic carbocycles. The third-order valence-electron chi connectivity index (χ3n) is 1.62. The van der Waals surface area contributed by atoms with Gasteiger partial charge in [-0.05, 0) is 22.0 Å². The van der Waals surface area contributed by atoms with E-state index in [1.165, 1.54) is 6.20 Å². The van der Waals surface area contributed by atoms with E-state index in [9.17, 15) is 0 Å². The Balaban J connectivity index is 2.15. The number of hydrogen-bond acceptors (Lipinski definition) is 5. The maximum atomic E-state index is 5.89. The van der Waals surface area contributed by atoms with Crippen LogP contribution in [0, 0.1) is 0 Å². The van der Waals surface area contributed by atoms with Crippen molar-refractivity contribution in [1.29, 1.82) is 0 Å². The van der Waals surface area contributed by atoms with Crippen molar-refractivity contribution in [2.45, 2.75) is 6.17 Å². The Morgan fingerprint density at radius 2 is 2.43 bits per heavy atom. The van der Waals surface area contributed by atoms with Gasteiger partial charge in [0.25, 0.3) is 0 Å². The Morgan fingerprint density at radius 3 is 3.14 bits per heavy atom. The lowest BCUT2D eigenvalue weighted by atomic mass is 10.4. The molecule has 0 spiro atoms. The predicted octanol–water partition coefficient (Wildman–Crippen LogP) is 1.25. The van der Waals surface area contributed by atoms with Crippen LogP contribution < -0.4 is 16.2 Å². The van der Waals surface area contributed by atoms with Crippen LogP contribution in [0.15, 0.2) is 23.2 Å². The maximum absolute atomic E-state index is 5.89. The second kappa shape index (κ2) is 4.12. The second-order valence-electron chi connectivity index (χ2n) is 2.61. The van der Waals surface area contributed by atoms with Crippen molar-refractivity contribution in [3.8, 4) is 0 Å². The summed E-state index contributed by atoms with van der Waals surface area (Å²) in [4.78, 5) is 7.99.